The summed E-state index contributed by atoms with van der Waals surface area (Å²) in [5.41, 5.74) is 0.686. The lowest BCUT2D eigenvalue weighted by Crippen LogP contribution is -2.26. The fourth-order valence-electron chi connectivity index (χ4n) is 4.15. The second-order valence-corrected chi connectivity index (χ2v) is 9.56. The molecule has 0 heterocycles. The summed E-state index contributed by atoms with van der Waals surface area (Å²) in [5.74, 6) is 0.719. The smallest absolute Gasteiger partial charge is 0.338 e. The Bertz CT molecular complexity index is 1380. The molecule has 0 fully saturated rings. The molecule has 1 atom stereocenters. The summed E-state index contributed by atoms with van der Waals surface area (Å²) in [6, 6.07) is 14.1. The van der Waals surface area contributed by atoms with Crippen molar-refractivity contribution in [2.45, 2.75) is 25.4 Å². The molecule has 1 unspecified atom stereocenters. The van der Waals surface area contributed by atoms with Gasteiger partial charge in [0.25, 0.3) is 0 Å². The van der Waals surface area contributed by atoms with Gasteiger partial charge in [-0.2, -0.15) is 0 Å². The van der Waals surface area contributed by atoms with Gasteiger partial charge in [-0.3, -0.25) is 0 Å². The van der Waals surface area contributed by atoms with Gasteiger partial charge >= 0.3 is 17.9 Å². The second kappa shape index (κ2) is 17.2. The Morgan fingerprint density at radius 1 is 0.489 bits per heavy atom. The summed E-state index contributed by atoms with van der Waals surface area (Å²) in [5, 5.41) is 0. The molecule has 45 heavy (non-hydrogen) atoms. The lowest BCUT2D eigenvalue weighted by Gasteiger charge is -2.19. The molecule has 0 bridgehead atoms. The van der Waals surface area contributed by atoms with Gasteiger partial charge in [0.05, 0.1) is 66.0 Å². The van der Waals surface area contributed by atoms with Crippen LogP contribution in [0.5, 0.6) is 34.5 Å². The van der Waals surface area contributed by atoms with Crippen LogP contribution >= 0.6 is 0 Å². The molecule has 3 aromatic rings. The third-order valence-corrected chi connectivity index (χ3v) is 6.59. The minimum Gasteiger partial charge on any atom is -0.497 e. The molecular weight excluding hydrogens is 588 g/mol. The molecule has 0 spiro atoms. The highest BCUT2D eigenvalue weighted by Gasteiger charge is 2.21. The topological polar surface area (TPSA) is 134 Å². The fourth-order valence-corrected chi connectivity index (χ4v) is 4.15. The van der Waals surface area contributed by atoms with Crippen LogP contribution in [-0.4, -0.2) is 79.9 Å². The van der Waals surface area contributed by atoms with Crippen molar-refractivity contribution in [3.63, 3.8) is 0 Å². The normalized spacial score (nSPS) is 11.1. The van der Waals surface area contributed by atoms with E-state index in [2.05, 4.69) is 0 Å². The van der Waals surface area contributed by atoms with Crippen LogP contribution in [0.3, 0.4) is 0 Å². The van der Waals surface area contributed by atoms with Crippen molar-refractivity contribution in [3.05, 3.63) is 71.3 Å². The molecule has 0 saturated carbocycles. The summed E-state index contributed by atoms with van der Waals surface area (Å²) in [4.78, 5) is 38.6. The summed E-state index contributed by atoms with van der Waals surface area (Å²) in [6.45, 7) is -0.121. The highest BCUT2D eigenvalue weighted by atomic mass is 16.6. The monoisotopic (exact) mass is 626 g/mol. The quantitative estimate of drug-likeness (QED) is 0.111. The number of hydrogen-bond donors (Lipinski definition) is 0. The Kier molecular flexibility index (Phi) is 13.2. The van der Waals surface area contributed by atoms with Gasteiger partial charge in [-0.25, -0.2) is 14.4 Å². The van der Waals surface area contributed by atoms with Crippen LogP contribution in [0.4, 0.5) is 0 Å². The van der Waals surface area contributed by atoms with E-state index in [1.807, 2.05) is 0 Å². The predicted octanol–water partition coefficient (Wildman–Crippen LogP) is 5.15. The van der Waals surface area contributed by atoms with Crippen LogP contribution in [0.15, 0.2) is 54.6 Å². The number of carbonyl (C=O) groups is 3. The molecule has 0 aliphatic rings. The molecule has 12 heteroatoms. The van der Waals surface area contributed by atoms with Gasteiger partial charge in [0, 0.05) is 18.2 Å². The van der Waals surface area contributed by atoms with E-state index < -0.39 is 24.0 Å². The van der Waals surface area contributed by atoms with Crippen molar-refractivity contribution in [1.82, 2.24) is 0 Å². The maximum Gasteiger partial charge on any atom is 0.338 e. The zero-order chi connectivity index (χ0) is 32.8. The van der Waals surface area contributed by atoms with E-state index in [4.69, 9.17) is 42.6 Å². The van der Waals surface area contributed by atoms with Crippen molar-refractivity contribution in [3.8, 4) is 34.5 Å². The third-order valence-electron chi connectivity index (χ3n) is 6.59. The first-order chi connectivity index (χ1) is 21.7. The maximum atomic E-state index is 13.1. The van der Waals surface area contributed by atoms with E-state index in [1.54, 1.807) is 30.3 Å². The molecule has 0 saturated heterocycles. The van der Waals surface area contributed by atoms with Crippen molar-refractivity contribution in [2.75, 3.05) is 55.9 Å². The Morgan fingerprint density at radius 3 is 1.22 bits per heavy atom. The van der Waals surface area contributed by atoms with E-state index in [0.717, 1.165) is 0 Å². The van der Waals surface area contributed by atoms with Gasteiger partial charge in [-0.15, -0.1) is 0 Å². The van der Waals surface area contributed by atoms with Crippen molar-refractivity contribution in [2.24, 2.45) is 0 Å². The lowest BCUT2D eigenvalue weighted by atomic mass is 10.1. The van der Waals surface area contributed by atoms with E-state index in [0.29, 0.717) is 53.8 Å². The van der Waals surface area contributed by atoms with Gasteiger partial charge in [0.1, 0.15) is 47.2 Å². The summed E-state index contributed by atoms with van der Waals surface area (Å²) >= 11 is 0. The first-order valence-corrected chi connectivity index (χ1v) is 14.0. The van der Waals surface area contributed by atoms with Gasteiger partial charge in [-0.1, -0.05) is 0 Å². The Balaban J connectivity index is 1.66. The van der Waals surface area contributed by atoms with E-state index in [-0.39, 0.29) is 29.9 Å². The van der Waals surface area contributed by atoms with Gasteiger partial charge in [0.2, 0.25) is 0 Å². The predicted molar refractivity (Wildman–Crippen MR) is 162 cm³/mol. The highest BCUT2D eigenvalue weighted by Crippen LogP contribution is 2.26. The number of carbonyl (C=O) groups excluding carboxylic acids is 3. The minimum absolute atomic E-state index is 0.107. The molecule has 0 aromatic heterocycles. The van der Waals surface area contributed by atoms with E-state index >= 15 is 0 Å². The Labute approximate surface area is 262 Å². The number of methoxy groups -OCH3 is 6. The lowest BCUT2D eigenvalue weighted by molar-refractivity contribution is -0.00386. The summed E-state index contributed by atoms with van der Waals surface area (Å²) in [7, 11) is 8.86. The van der Waals surface area contributed by atoms with Crippen LogP contribution in [-0.2, 0) is 14.2 Å². The first kappa shape index (κ1) is 34.4. The highest BCUT2D eigenvalue weighted by molar-refractivity contribution is 5.92. The average molecular weight is 627 g/mol. The van der Waals surface area contributed by atoms with Gasteiger partial charge < -0.3 is 42.6 Å². The van der Waals surface area contributed by atoms with Crippen LogP contribution in [0.2, 0.25) is 0 Å². The summed E-state index contributed by atoms with van der Waals surface area (Å²) < 4.78 is 48.1. The number of ether oxygens (including phenoxy) is 9. The molecular formula is C33H38O12. The molecule has 3 aromatic carbocycles. The fraction of sp³-hybridized carbons (Fsp3) is 0.364. The van der Waals surface area contributed by atoms with Gasteiger partial charge in [-0.05, 0) is 55.7 Å². The second-order valence-electron chi connectivity index (χ2n) is 9.56. The molecule has 3 rings (SSSR count). The molecule has 0 N–H and O–H groups in total. The Morgan fingerprint density at radius 2 is 0.844 bits per heavy atom. The number of benzene rings is 3. The number of unbranched alkanes of at least 4 members (excludes halogenated alkanes) is 1. The average Bonchev–Trinajstić information content (AvgIpc) is 3.08. The van der Waals surface area contributed by atoms with Crippen molar-refractivity contribution >= 4 is 17.9 Å². The van der Waals surface area contributed by atoms with Crippen molar-refractivity contribution in [1.29, 1.82) is 0 Å². The van der Waals surface area contributed by atoms with E-state index in [1.165, 1.54) is 66.9 Å². The SMILES string of the molecule is COc1cc(OC)cc(C(=O)OCCCCC(COC(=O)c2cc(OC)cc(OC)c2)OC(=O)c2cc(OC)cc(OC)c2)c1. The molecule has 0 aliphatic heterocycles. The third kappa shape index (κ3) is 10.2. The molecule has 0 radical (unpaired) electrons. The largest absolute Gasteiger partial charge is 0.497 e. The zero-order valence-electron chi connectivity index (χ0n) is 26.2. The number of esters is 3. The molecule has 12 nitrogen and oxygen atoms in total. The van der Waals surface area contributed by atoms with Gasteiger partial charge in [0.15, 0.2) is 0 Å². The Hall–Kier alpha value is -5.13. The first-order valence-electron chi connectivity index (χ1n) is 14.0. The number of hydrogen-bond acceptors (Lipinski definition) is 12. The maximum absolute atomic E-state index is 13.1. The van der Waals surface area contributed by atoms with Crippen LogP contribution in [0.1, 0.15) is 50.3 Å². The summed E-state index contributed by atoms with van der Waals surface area (Å²) in [6.07, 6.45) is 0.434. The van der Waals surface area contributed by atoms with Crippen LogP contribution in [0.25, 0.3) is 0 Å². The molecule has 242 valence electrons. The van der Waals surface area contributed by atoms with E-state index in [9.17, 15) is 14.4 Å². The molecule has 0 amide bonds. The zero-order valence-corrected chi connectivity index (χ0v) is 26.2. The minimum atomic E-state index is -0.815. The van der Waals surface area contributed by atoms with Crippen LogP contribution < -0.4 is 28.4 Å². The number of rotatable bonds is 17. The van der Waals surface area contributed by atoms with Crippen LogP contribution in [0, 0.1) is 0 Å². The van der Waals surface area contributed by atoms with Crippen molar-refractivity contribution < 1.29 is 57.0 Å². The molecule has 0 aliphatic carbocycles. The standard InChI is InChI=1S/C33H38O12/c1-37-25-11-21(12-26(17-25)38-2)31(34)43-10-8-7-9-24(45-33(36)23-15-29(41-5)19-30(16-23)42-6)20-44-32(35)22-13-27(39-3)18-28(14-22)40-4/h11-19,24H,7-10,20H2,1-6H3.